The second-order valence-electron chi connectivity index (χ2n) is 4.61. The molecule has 1 aromatic heterocycles. The highest BCUT2D eigenvalue weighted by molar-refractivity contribution is 7.13. The summed E-state index contributed by atoms with van der Waals surface area (Å²) in [6.45, 7) is 4.15. The van der Waals surface area contributed by atoms with Crippen molar-refractivity contribution in [3.8, 4) is 0 Å². The van der Waals surface area contributed by atoms with Crippen molar-refractivity contribution in [2.75, 3.05) is 36.0 Å². The van der Waals surface area contributed by atoms with Crippen LogP contribution in [0.25, 0.3) is 0 Å². The van der Waals surface area contributed by atoms with Crippen LogP contribution in [0.1, 0.15) is 5.56 Å². The van der Waals surface area contributed by atoms with Gasteiger partial charge in [0, 0.05) is 43.4 Å². The normalized spacial score (nSPS) is 15.8. The number of piperazine rings is 1. The number of aromatic nitrogens is 1. The molecular weight excluding hydrogens is 258 g/mol. The molecule has 0 unspecified atom stereocenters. The van der Waals surface area contributed by atoms with E-state index < -0.39 is 0 Å². The Morgan fingerprint density at radius 3 is 2.32 bits per heavy atom. The van der Waals surface area contributed by atoms with Crippen LogP contribution >= 0.6 is 11.3 Å². The summed E-state index contributed by atoms with van der Waals surface area (Å²) in [6.07, 6.45) is 1.86. The monoisotopic (exact) mass is 275 g/mol. The van der Waals surface area contributed by atoms with Crippen LogP contribution in [0.15, 0.2) is 35.8 Å². The minimum atomic E-state index is 0.109. The Hall–Kier alpha value is -1.59. The van der Waals surface area contributed by atoms with Crippen molar-refractivity contribution in [2.24, 2.45) is 0 Å². The highest BCUT2D eigenvalue weighted by Gasteiger charge is 2.18. The number of benzene rings is 1. The largest absolute Gasteiger partial charge is 0.392 e. The quantitative estimate of drug-likeness (QED) is 0.929. The molecule has 0 atom stereocenters. The third-order valence-electron chi connectivity index (χ3n) is 3.45. The lowest BCUT2D eigenvalue weighted by Crippen LogP contribution is -2.46. The van der Waals surface area contributed by atoms with E-state index in [4.69, 9.17) is 5.11 Å². The molecule has 4 nitrogen and oxygen atoms in total. The molecule has 2 heterocycles. The van der Waals surface area contributed by atoms with Crippen LogP contribution < -0.4 is 9.80 Å². The van der Waals surface area contributed by atoms with Gasteiger partial charge < -0.3 is 14.9 Å². The number of aliphatic hydroxyl groups is 1. The van der Waals surface area contributed by atoms with Crippen molar-refractivity contribution in [1.29, 1.82) is 0 Å². The van der Waals surface area contributed by atoms with Crippen LogP contribution in [0.5, 0.6) is 0 Å². The van der Waals surface area contributed by atoms with Crippen molar-refractivity contribution < 1.29 is 5.11 Å². The second-order valence-corrected chi connectivity index (χ2v) is 5.49. The van der Waals surface area contributed by atoms with Gasteiger partial charge in [-0.25, -0.2) is 4.98 Å². The summed E-state index contributed by atoms with van der Waals surface area (Å²) in [5.74, 6) is 0. The van der Waals surface area contributed by atoms with Crippen LogP contribution in [-0.4, -0.2) is 36.3 Å². The van der Waals surface area contributed by atoms with Crippen molar-refractivity contribution in [2.45, 2.75) is 6.61 Å². The molecule has 2 aromatic rings. The van der Waals surface area contributed by atoms with Gasteiger partial charge in [-0.15, -0.1) is 11.3 Å². The molecule has 0 aliphatic carbocycles. The minimum Gasteiger partial charge on any atom is -0.392 e. The van der Waals surface area contributed by atoms with Crippen molar-refractivity contribution in [3.05, 3.63) is 41.4 Å². The van der Waals surface area contributed by atoms with E-state index >= 15 is 0 Å². The number of nitrogens with zero attached hydrogens (tertiary/aromatic N) is 3. The first-order chi connectivity index (χ1) is 9.36. The third kappa shape index (κ3) is 2.72. The van der Waals surface area contributed by atoms with Crippen LogP contribution in [0, 0.1) is 0 Å². The summed E-state index contributed by atoms with van der Waals surface area (Å²) in [5, 5.41) is 12.2. The summed E-state index contributed by atoms with van der Waals surface area (Å²) in [4.78, 5) is 9.08. The Morgan fingerprint density at radius 2 is 1.74 bits per heavy atom. The van der Waals surface area contributed by atoms with E-state index in [1.165, 1.54) is 5.69 Å². The molecule has 19 heavy (non-hydrogen) atoms. The Labute approximate surface area is 116 Å². The standard InChI is InChI=1S/C14H17N3OS/c18-11-12-1-3-13(4-2-12)16-6-8-17(9-7-16)14-15-5-10-19-14/h1-5,10,18H,6-9,11H2. The molecule has 1 fully saturated rings. The van der Waals surface area contributed by atoms with Gasteiger partial charge in [-0.05, 0) is 17.7 Å². The van der Waals surface area contributed by atoms with Gasteiger partial charge in [0.1, 0.15) is 0 Å². The van der Waals surface area contributed by atoms with Gasteiger partial charge in [0.25, 0.3) is 0 Å². The Bertz CT molecular complexity index is 504. The molecular formula is C14H17N3OS. The summed E-state index contributed by atoms with van der Waals surface area (Å²) in [7, 11) is 0. The van der Waals surface area contributed by atoms with Crippen molar-refractivity contribution in [3.63, 3.8) is 0 Å². The van der Waals surface area contributed by atoms with E-state index in [-0.39, 0.29) is 6.61 Å². The van der Waals surface area contributed by atoms with Gasteiger partial charge >= 0.3 is 0 Å². The summed E-state index contributed by atoms with van der Waals surface area (Å²) in [6, 6.07) is 8.15. The van der Waals surface area contributed by atoms with E-state index in [1.807, 2.05) is 23.7 Å². The Morgan fingerprint density at radius 1 is 1.05 bits per heavy atom. The van der Waals surface area contributed by atoms with Gasteiger partial charge in [-0.2, -0.15) is 0 Å². The van der Waals surface area contributed by atoms with E-state index in [2.05, 4.69) is 26.9 Å². The first kappa shape index (κ1) is 12.4. The van der Waals surface area contributed by atoms with E-state index in [1.54, 1.807) is 11.3 Å². The molecule has 0 bridgehead atoms. The number of hydrogen-bond acceptors (Lipinski definition) is 5. The smallest absolute Gasteiger partial charge is 0.185 e. The number of thiazole rings is 1. The molecule has 0 radical (unpaired) electrons. The predicted octanol–water partition coefficient (Wildman–Crippen LogP) is 1.96. The zero-order valence-electron chi connectivity index (χ0n) is 10.7. The molecule has 1 saturated heterocycles. The van der Waals surface area contributed by atoms with E-state index in [0.717, 1.165) is 36.9 Å². The Kier molecular flexibility index (Phi) is 3.66. The third-order valence-corrected chi connectivity index (χ3v) is 4.29. The molecule has 3 rings (SSSR count). The molecule has 1 aromatic carbocycles. The lowest BCUT2D eigenvalue weighted by molar-refractivity contribution is 0.282. The number of aliphatic hydroxyl groups excluding tert-OH is 1. The zero-order valence-corrected chi connectivity index (χ0v) is 11.5. The number of hydrogen-bond donors (Lipinski definition) is 1. The fraction of sp³-hybridized carbons (Fsp3) is 0.357. The predicted molar refractivity (Wildman–Crippen MR) is 78.9 cm³/mol. The van der Waals surface area contributed by atoms with Gasteiger partial charge in [0.2, 0.25) is 0 Å². The zero-order chi connectivity index (χ0) is 13.1. The van der Waals surface area contributed by atoms with Crippen LogP contribution in [0.4, 0.5) is 10.8 Å². The SMILES string of the molecule is OCc1ccc(N2CCN(c3nccs3)CC2)cc1. The van der Waals surface area contributed by atoms with Crippen LogP contribution in [0.2, 0.25) is 0 Å². The van der Waals surface area contributed by atoms with Gasteiger partial charge in [-0.3, -0.25) is 0 Å². The number of anilines is 2. The fourth-order valence-electron chi connectivity index (χ4n) is 2.34. The minimum absolute atomic E-state index is 0.109. The van der Waals surface area contributed by atoms with Crippen LogP contribution in [0.3, 0.4) is 0 Å². The maximum absolute atomic E-state index is 9.05. The highest BCUT2D eigenvalue weighted by Crippen LogP contribution is 2.22. The maximum Gasteiger partial charge on any atom is 0.185 e. The first-order valence-corrected chi connectivity index (χ1v) is 7.34. The second kappa shape index (κ2) is 5.59. The van der Waals surface area contributed by atoms with E-state index in [9.17, 15) is 0 Å². The Balaban J connectivity index is 1.63. The summed E-state index contributed by atoms with van der Waals surface area (Å²) >= 11 is 1.70. The fourth-order valence-corrected chi connectivity index (χ4v) is 3.04. The molecule has 1 N–H and O–H groups in total. The summed E-state index contributed by atoms with van der Waals surface area (Å²) < 4.78 is 0. The molecule has 0 spiro atoms. The first-order valence-electron chi connectivity index (χ1n) is 6.46. The molecule has 100 valence electrons. The average molecular weight is 275 g/mol. The molecule has 1 aliphatic heterocycles. The van der Waals surface area contributed by atoms with Gasteiger partial charge in [-0.1, -0.05) is 12.1 Å². The van der Waals surface area contributed by atoms with Crippen molar-refractivity contribution in [1.82, 2.24) is 4.98 Å². The molecule has 0 amide bonds. The van der Waals surface area contributed by atoms with E-state index in [0.29, 0.717) is 0 Å². The van der Waals surface area contributed by atoms with Crippen molar-refractivity contribution >= 4 is 22.2 Å². The molecule has 5 heteroatoms. The highest BCUT2D eigenvalue weighted by atomic mass is 32.1. The summed E-state index contributed by atoms with van der Waals surface area (Å²) in [5.41, 5.74) is 2.20. The molecule has 0 saturated carbocycles. The lowest BCUT2D eigenvalue weighted by Gasteiger charge is -2.36. The lowest BCUT2D eigenvalue weighted by atomic mass is 10.2. The van der Waals surface area contributed by atoms with Gasteiger partial charge in [0.05, 0.1) is 6.61 Å². The van der Waals surface area contributed by atoms with Gasteiger partial charge in [0.15, 0.2) is 5.13 Å². The number of rotatable bonds is 3. The van der Waals surface area contributed by atoms with Crippen LogP contribution in [-0.2, 0) is 6.61 Å². The average Bonchev–Trinajstić information content (AvgIpc) is 3.02. The molecule has 1 aliphatic rings. The topological polar surface area (TPSA) is 39.6 Å². The maximum atomic E-state index is 9.05.